The molecular weight excluding hydrogens is 283 g/mol. The average molecular weight is 299 g/mol. The van der Waals surface area contributed by atoms with Crippen molar-refractivity contribution in [2.45, 2.75) is 33.2 Å². The predicted octanol–water partition coefficient (Wildman–Crippen LogP) is 3.39. The number of hydrogen-bond acceptors (Lipinski definition) is 3. The molecule has 2 aromatic rings. The number of aryl methyl sites for hydroxylation is 1. The van der Waals surface area contributed by atoms with E-state index in [2.05, 4.69) is 5.10 Å². The summed E-state index contributed by atoms with van der Waals surface area (Å²) in [4.78, 5) is 0. The fraction of sp³-hybridized carbons (Fsp3) is 0.357. The summed E-state index contributed by atoms with van der Waals surface area (Å²) in [6, 6.07) is 3.06. The van der Waals surface area contributed by atoms with Crippen molar-refractivity contribution in [3.63, 3.8) is 0 Å². The zero-order chi connectivity index (χ0) is 15.6. The van der Waals surface area contributed by atoms with Gasteiger partial charge in [-0.15, -0.1) is 0 Å². The average Bonchev–Trinajstić information content (AvgIpc) is 2.77. The van der Waals surface area contributed by atoms with Crippen LogP contribution in [0.15, 0.2) is 24.4 Å². The molecule has 0 unspecified atom stereocenters. The van der Waals surface area contributed by atoms with Crippen LogP contribution in [0.1, 0.15) is 23.7 Å². The van der Waals surface area contributed by atoms with Crippen LogP contribution in [0.3, 0.4) is 0 Å². The maximum absolute atomic E-state index is 12.5. The van der Waals surface area contributed by atoms with Crippen molar-refractivity contribution >= 4 is 5.69 Å². The van der Waals surface area contributed by atoms with Gasteiger partial charge in [-0.05, 0) is 32.0 Å². The molecule has 114 valence electrons. The molecular formula is C14H16F3N3O. The van der Waals surface area contributed by atoms with Gasteiger partial charge >= 0.3 is 6.18 Å². The Labute approximate surface area is 120 Å². The van der Waals surface area contributed by atoms with Crippen LogP contribution in [0.4, 0.5) is 18.9 Å². The quantitative estimate of drug-likeness (QED) is 0.880. The maximum Gasteiger partial charge on any atom is 0.416 e. The molecule has 0 aliphatic heterocycles. The molecule has 0 aliphatic rings. The molecule has 1 heterocycles. The lowest BCUT2D eigenvalue weighted by Crippen LogP contribution is -2.07. The van der Waals surface area contributed by atoms with Crippen LogP contribution >= 0.6 is 0 Å². The number of benzene rings is 1. The number of rotatable bonds is 4. The van der Waals surface area contributed by atoms with Crippen LogP contribution in [0.5, 0.6) is 5.75 Å². The molecule has 2 rings (SSSR count). The number of nitrogen functional groups attached to an aromatic ring is 1. The van der Waals surface area contributed by atoms with Gasteiger partial charge in [-0.3, -0.25) is 4.68 Å². The Morgan fingerprint density at radius 3 is 2.57 bits per heavy atom. The van der Waals surface area contributed by atoms with Gasteiger partial charge in [0, 0.05) is 17.8 Å². The zero-order valence-corrected chi connectivity index (χ0v) is 11.7. The number of aromatic nitrogens is 2. The highest BCUT2D eigenvalue weighted by Gasteiger charge is 2.30. The summed E-state index contributed by atoms with van der Waals surface area (Å²) in [5, 5.41) is 4.17. The molecule has 0 saturated heterocycles. The lowest BCUT2D eigenvalue weighted by atomic mass is 10.2. The summed E-state index contributed by atoms with van der Waals surface area (Å²) in [6.07, 6.45) is -2.73. The van der Waals surface area contributed by atoms with Crippen molar-refractivity contribution in [1.82, 2.24) is 9.78 Å². The molecule has 0 atom stereocenters. The molecule has 21 heavy (non-hydrogen) atoms. The smallest absolute Gasteiger partial charge is 0.416 e. The van der Waals surface area contributed by atoms with Gasteiger partial charge in [-0.1, -0.05) is 0 Å². The van der Waals surface area contributed by atoms with Gasteiger partial charge in [-0.2, -0.15) is 18.3 Å². The highest BCUT2D eigenvalue weighted by molar-refractivity contribution is 5.54. The van der Waals surface area contributed by atoms with E-state index in [9.17, 15) is 13.2 Å². The summed E-state index contributed by atoms with van der Waals surface area (Å²) >= 11 is 0. The molecule has 2 N–H and O–H groups in total. The molecule has 0 aliphatic carbocycles. The van der Waals surface area contributed by atoms with E-state index in [1.807, 2.05) is 18.5 Å². The summed E-state index contributed by atoms with van der Waals surface area (Å²) in [5.74, 6) is 0.228. The molecule has 7 heteroatoms. The summed E-state index contributed by atoms with van der Waals surface area (Å²) < 4.78 is 44.9. The third kappa shape index (κ3) is 3.29. The minimum atomic E-state index is -4.41. The van der Waals surface area contributed by atoms with Crippen LogP contribution in [-0.2, 0) is 19.3 Å². The standard InChI is InChI=1S/C14H16F3N3O/c1-3-20-9(2)10(7-19-20)8-21-13-5-4-11(6-12(13)18)14(15,16)17/h4-7H,3,8,18H2,1-2H3. The fourth-order valence-electron chi connectivity index (χ4n) is 1.96. The van der Waals surface area contributed by atoms with Crippen molar-refractivity contribution < 1.29 is 17.9 Å². The van der Waals surface area contributed by atoms with Crippen molar-refractivity contribution in [2.24, 2.45) is 0 Å². The number of nitrogens with zero attached hydrogens (tertiary/aromatic N) is 2. The molecule has 0 amide bonds. The van der Waals surface area contributed by atoms with E-state index < -0.39 is 11.7 Å². The fourth-order valence-corrected chi connectivity index (χ4v) is 1.96. The van der Waals surface area contributed by atoms with Crippen molar-refractivity contribution in [2.75, 3.05) is 5.73 Å². The summed E-state index contributed by atoms with van der Waals surface area (Å²) in [5.41, 5.74) is 6.61. The number of anilines is 1. The Morgan fingerprint density at radius 1 is 1.33 bits per heavy atom. The highest BCUT2D eigenvalue weighted by Crippen LogP contribution is 2.33. The molecule has 4 nitrogen and oxygen atoms in total. The van der Waals surface area contributed by atoms with Gasteiger partial charge in [0.25, 0.3) is 0 Å². The third-order valence-electron chi connectivity index (χ3n) is 3.22. The van der Waals surface area contributed by atoms with Gasteiger partial charge in [0.1, 0.15) is 12.4 Å². The first kappa shape index (κ1) is 15.2. The molecule has 0 saturated carbocycles. The molecule has 0 fully saturated rings. The third-order valence-corrected chi connectivity index (χ3v) is 3.22. The van der Waals surface area contributed by atoms with E-state index in [4.69, 9.17) is 10.5 Å². The van der Waals surface area contributed by atoms with Gasteiger partial charge in [0.2, 0.25) is 0 Å². The van der Waals surface area contributed by atoms with E-state index in [0.717, 1.165) is 29.9 Å². The van der Waals surface area contributed by atoms with Crippen LogP contribution < -0.4 is 10.5 Å². The minimum Gasteiger partial charge on any atom is -0.487 e. The normalized spacial score (nSPS) is 11.7. The Morgan fingerprint density at radius 2 is 2.05 bits per heavy atom. The lowest BCUT2D eigenvalue weighted by molar-refractivity contribution is -0.137. The number of halogens is 3. The summed E-state index contributed by atoms with van der Waals surface area (Å²) in [6.45, 7) is 4.83. The largest absolute Gasteiger partial charge is 0.487 e. The van der Waals surface area contributed by atoms with Crippen molar-refractivity contribution in [1.29, 1.82) is 0 Å². The Bertz CT molecular complexity index is 635. The Balaban J connectivity index is 2.12. The first-order valence-corrected chi connectivity index (χ1v) is 6.43. The van der Waals surface area contributed by atoms with E-state index in [0.29, 0.717) is 0 Å². The molecule has 1 aromatic heterocycles. The van der Waals surface area contributed by atoms with Gasteiger partial charge in [0.05, 0.1) is 17.4 Å². The van der Waals surface area contributed by atoms with Crippen LogP contribution in [0.25, 0.3) is 0 Å². The lowest BCUT2D eigenvalue weighted by Gasteiger charge is -2.12. The first-order valence-electron chi connectivity index (χ1n) is 6.43. The maximum atomic E-state index is 12.5. The second kappa shape index (κ2) is 5.67. The van der Waals surface area contributed by atoms with E-state index >= 15 is 0 Å². The van der Waals surface area contributed by atoms with E-state index in [1.54, 1.807) is 6.20 Å². The Hall–Kier alpha value is -2.18. The first-order chi connectivity index (χ1) is 9.82. The van der Waals surface area contributed by atoms with Crippen LogP contribution in [-0.4, -0.2) is 9.78 Å². The van der Waals surface area contributed by atoms with Crippen molar-refractivity contribution in [3.8, 4) is 5.75 Å². The number of nitrogens with two attached hydrogens (primary N) is 1. The topological polar surface area (TPSA) is 53.1 Å². The second-order valence-electron chi connectivity index (χ2n) is 4.61. The van der Waals surface area contributed by atoms with Gasteiger partial charge in [0.15, 0.2) is 0 Å². The molecule has 1 aromatic carbocycles. The second-order valence-corrected chi connectivity index (χ2v) is 4.61. The van der Waals surface area contributed by atoms with Gasteiger partial charge in [-0.25, -0.2) is 0 Å². The van der Waals surface area contributed by atoms with Crippen LogP contribution in [0.2, 0.25) is 0 Å². The molecule has 0 radical (unpaired) electrons. The van der Waals surface area contributed by atoms with E-state index in [1.165, 1.54) is 6.07 Å². The monoisotopic (exact) mass is 299 g/mol. The SMILES string of the molecule is CCn1ncc(COc2ccc(C(F)(F)F)cc2N)c1C. The highest BCUT2D eigenvalue weighted by atomic mass is 19.4. The molecule has 0 spiro atoms. The molecule has 0 bridgehead atoms. The van der Waals surface area contributed by atoms with E-state index in [-0.39, 0.29) is 18.0 Å². The van der Waals surface area contributed by atoms with Crippen molar-refractivity contribution in [3.05, 3.63) is 41.2 Å². The van der Waals surface area contributed by atoms with Crippen LogP contribution in [0, 0.1) is 6.92 Å². The number of hydrogen-bond donors (Lipinski definition) is 1. The Kier molecular flexibility index (Phi) is 4.11. The predicted molar refractivity (Wildman–Crippen MR) is 72.8 cm³/mol. The minimum absolute atomic E-state index is 0.0367. The zero-order valence-electron chi connectivity index (χ0n) is 11.7. The summed E-state index contributed by atoms with van der Waals surface area (Å²) in [7, 11) is 0. The number of alkyl halides is 3. The number of ether oxygens (including phenoxy) is 1. The van der Waals surface area contributed by atoms with Gasteiger partial charge < -0.3 is 10.5 Å².